The van der Waals surface area contributed by atoms with E-state index in [2.05, 4.69) is 0 Å². The summed E-state index contributed by atoms with van der Waals surface area (Å²) in [5, 5.41) is 0.587. The molecule has 1 fully saturated rings. The number of rotatable bonds is 5. The van der Waals surface area contributed by atoms with Gasteiger partial charge in [0.1, 0.15) is 17.7 Å². The minimum atomic E-state index is 0.00894. The van der Waals surface area contributed by atoms with Crippen molar-refractivity contribution in [2.45, 2.75) is 12.0 Å². The van der Waals surface area contributed by atoms with E-state index < -0.39 is 0 Å². The van der Waals surface area contributed by atoms with Gasteiger partial charge in [0.2, 0.25) is 0 Å². The lowest BCUT2D eigenvalue weighted by atomic mass is 10.1. The first-order chi connectivity index (χ1) is 13.7. The first kappa shape index (κ1) is 18.9. The van der Waals surface area contributed by atoms with Gasteiger partial charge in [0.05, 0.1) is 0 Å². The molecule has 5 heteroatoms. The van der Waals surface area contributed by atoms with Crippen LogP contribution in [-0.4, -0.2) is 23.1 Å². The predicted molar refractivity (Wildman–Crippen MR) is 115 cm³/mol. The molecule has 0 radical (unpaired) electrons. The molecule has 0 aliphatic carbocycles. The Labute approximate surface area is 174 Å². The Kier molecular flexibility index (Phi) is 5.89. The molecule has 1 saturated heterocycles. The Morgan fingerprint density at radius 2 is 1.82 bits per heavy atom. The zero-order chi connectivity index (χ0) is 19.3. The van der Waals surface area contributed by atoms with Gasteiger partial charge in [-0.15, -0.1) is 11.8 Å². The van der Waals surface area contributed by atoms with Crippen molar-refractivity contribution in [2.24, 2.45) is 0 Å². The van der Waals surface area contributed by atoms with Gasteiger partial charge in [0.15, 0.2) is 0 Å². The van der Waals surface area contributed by atoms with Crippen molar-refractivity contribution in [2.75, 3.05) is 12.3 Å². The summed E-state index contributed by atoms with van der Waals surface area (Å²) in [5.41, 5.74) is 2.86. The Morgan fingerprint density at radius 1 is 1.04 bits per heavy atom. The largest absolute Gasteiger partial charge is 0.489 e. The molecular weight excluding hydrogens is 390 g/mol. The van der Waals surface area contributed by atoms with Crippen LogP contribution in [0.5, 0.6) is 5.75 Å². The normalized spacial score (nSPS) is 16.2. The van der Waals surface area contributed by atoms with Gasteiger partial charge in [0, 0.05) is 22.9 Å². The summed E-state index contributed by atoms with van der Waals surface area (Å²) >= 11 is 7.83. The van der Waals surface area contributed by atoms with Gasteiger partial charge in [-0.25, -0.2) is 0 Å². The Balaban J connectivity index is 1.45. The predicted octanol–water partition coefficient (Wildman–Crippen LogP) is 5.81. The zero-order valence-electron chi connectivity index (χ0n) is 15.3. The molecular formula is C23H20ClNO2S. The van der Waals surface area contributed by atoms with Crippen LogP contribution >= 0.6 is 23.4 Å². The van der Waals surface area contributed by atoms with Gasteiger partial charge >= 0.3 is 0 Å². The number of ether oxygens (including phenoxy) is 1. The van der Waals surface area contributed by atoms with E-state index in [1.165, 1.54) is 0 Å². The molecule has 3 aromatic carbocycles. The zero-order valence-corrected chi connectivity index (χ0v) is 16.8. The van der Waals surface area contributed by atoms with Gasteiger partial charge in [0.25, 0.3) is 5.91 Å². The van der Waals surface area contributed by atoms with Crippen molar-refractivity contribution in [3.8, 4) is 5.75 Å². The van der Waals surface area contributed by atoms with Gasteiger partial charge in [-0.3, -0.25) is 4.79 Å². The number of nitrogens with zero attached hydrogens (tertiary/aromatic N) is 1. The first-order valence-electron chi connectivity index (χ1n) is 9.15. The number of benzene rings is 3. The lowest BCUT2D eigenvalue weighted by Gasteiger charge is -2.24. The summed E-state index contributed by atoms with van der Waals surface area (Å²) in [6.07, 6.45) is 0. The van der Waals surface area contributed by atoms with Crippen LogP contribution in [-0.2, 0) is 6.61 Å². The van der Waals surface area contributed by atoms with Crippen LogP contribution in [0.4, 0.5) is 0 Å². The standard InChI is InChI=1S/C23H20ClNO2S/c24-20-8-4-7-19(15-20)22(26)25-13-14-28-23(25)18-9-11-21(12-10-18)27-16-17-5-2-1-3-6-17/h1-12,15,23H,13-14,16H2. The molecule has 1 atom stereocenters. The second-order valence-electron chi connectivity index (χ2n) is 6.58. The molecule has 1 heterocycles. The van der Waals surface area contributed by atoms with E-state index >= 15 is 0 Å². The Morgan fingerprint density at radius 3 is 2.57 bits per heavy atom. The molecule has 1 amide bonds. The minimum Gasteiger partial charge on any atom is -0.489 e. The molecule has 142 valence electrons. The van der Waals surface area contributed by atoms with Crippen LogP contribution in [0.3, 0.4) is 0 Å². The Bertz CT molecular complexity index is 946. The molecule has 0 N–H and O–H groups in total. The van der Waals surface area contributed by atoms with E-state index in [1.807, 2.05) is 71.6 Å². The molecule has 3 aromatic rings. The SMILES string of the molecule is O=C(c1cccc(Cl)c1)N1CCSC1c1ccc(OCc2ccccc2)cc1. The maximum absolute atomic E-state index is 12.9. The molecule has 1 aliphatic heterocycles. The van der Waals surface area contributed by atoms with Gasteiger partial charge in [-0.05, 0) is 41.5 Å². The molecule has 4 rings (SSSR count). The molecule has 1 unspecified atom stereocenters. The van der Waals surface area contributed by atoms with Crippen LogP contribution in [0.25, 0.3) is 0 Å². The van der Waals surface area contributed by atoms with Crippen molar-refractivity contribution in [1.82, 2.24) is 4.90 Å². The number of thioether (sulfide) groups is 1. The molecule has 1 aliphatic rings. The molecule has 0 saturated carbocycles. The van der Waals surface area contributed by atoms with Crippen LogP contribution in [0.15, 0.2) is 78.9 Å². The molecule has 0 bridgehead atoms. The monoisotopic (exact) mass is 409 g/mol. The fourth-order valence-electron chi connectivity index (χ4n) is 3.21. The molecule has 0 spiro atoms. The van der Waals surface area contributed by atoms with Crippen molar-refractivity contribution >= 4 is 29.3 Å². The van der Waals surface area contributed by atoms with E-state index in [4.69, 9.17) is 16.3 Å². The summed E-state index contributed by atoms with van der Waals surface area (Å²) in [5.74, 6) is 1.76. The maximum atomic E-state index is 12.9. The number of halogens is 1. The average molecular weight is 410 g/mol. The molecule has 0 aromatic heterocycles. The van der Waals surface area contributed by atoms with Crippen LogP contribution < -0.4 is 4.74 Å². The highest BCUT2D eigenvalue weighted by molar-refractivity contribution is 7.99. The lowest BCUT2D eigenvalue weighted by Crippen LogP contribution is -2.30. The van der Waals surface area contributed by atoms with Gasteiger partial charge in [-0.1, -0.05) is 60.1 Å². The summed E-state index contributed by atoms with van der Waals surface area (Å²) < 4.78 is 5.86. The number of amides is 1. The fourth-order valence-corrected chi connectivity index (χ4v) is 4.66. The van der Waals surface area contributed by atoms with Crippen LogP contribution in [0, 0.1) is 0 Å². The third-order valence-corrected chi connectivity index (χ3v) is 6.13. The fraction of sp³-hybridized carbons (Fsp3) is 0.174. The van der Waals surface area contributed by atoms with Crippen molar-refractivity contribution in [1.29, 1.82) is 0 Å². The summed E-state index contributed by atoms with van der Waals surface area (Å²) in [6.45, 7) is 1.27. The smallest absolute Gasteiger partial charge is 0.255 e. The van der Waals surface area contributed by atoms with E-state index in [9.17, 15) is 4.79 Å². The van der Waals surface area contributed by atoms with Crippen molar-refractivity contribution < 1.29 is 9.53 Å². The summed E-state index contributed by atoms with van der Waals surface area (Å²) in [7, 11) is 0. The highest BCUT2D eigenvalue weighted by Crippen LogP contribution is 2.39. The van der Waals surface area contributed by atoms with E-state index in [1.54, 1.807) is 23.9 Å². The summed E-state index contributed by atoms with van der Waals surface area (Å²) in [4.78, 5) is 14.9. The van der Waals surface area contributed by atoms with Crippen molar-refractivity contribution in [3.05, 3.63) is 101 Å². The number of carbonyl (C=O) groups is 1. The molecule has 28 heavy (non-hydrogen) atoms. The highest BCUT2D eigenvalue weighted by Gasteiger charge is 2.31. The lowest BCUT2D eigenvalue weighted by molar-refractivity contribution is 0.0760. The minimum absolute atomic E-state index is 0.00894. The topological polar surface area (TPSA) is 29.5 Å². The second-order valence-corrected chi connectivity index (χ2v) is 8.20. The Hall–Kier alpha value is -2.43. The van der Waals surface area contributed by atoms with Gasteiger partial charge in [-0.2, -0.15) is 0 Å². The van der Waals surface area contributed by atoms with E-state index in [-0.39, 0.29) is 11.3 Å². The second kappa shape index (κ2) is 8.72. The van der Waals surface area contributed by atoms with Crippen LogP contribution in [0.1, 0.15) is 26.9 Å². The third-order valence-electron chi connectivity index (χ3n) is 4.64. The van der Waals surface area contributed by atoms with E-state index in [0.29, 0.717) is 17.2 Å². The molecule has 3 nitrogen and oxygen atoms in total. The quantitative estimate of drug-likeness (QED) is 0.532. The maximum Gasteiger partial charge on any atom is 0.255 e. The summed E-state index contributed by atoms with van der Waals surface area (Å²) in [6, 6.07) is 25.3. The number of hydrogen-bond acceptors (Lipinski definition) is 3. The van der Waals surface area contributed by atoms with Gasteiger partial charge < -0.3 is 9.64 Å². The number of hydrogen-bond donors (Lipinski definition) is 0. The number of carbonyl (C=O) groups excluding carboxylic acids is 1. The average Bonchev–Trinajstić information content (AvgIpc) is 3.23. The van der Waals surface area contributed by atoms with E-state index in [0.717, 1.165) is 29.2 Å². The van der Waals surface area contributed by atoms with Crippen LogP contribution in [0.2, 0.25) is 5.02 Å². The highest BCUT2D eigenvalue weighted by atomic mass is 35.5. The van der Waals surface area contributed by atoms with Crippen molar-refractivity contribution in [3.63, 3.8) is 0 Å². The third kappa shape index (κ3) is 4.34. The first-order valence-corrected chi connectivity index (χ1v) is 10.6.